The summed E-state index contributed by atoms with van der Waals surface area (Å²) in [6.45, 7) is 0. The largest absolute Gasteiger partial charge is 0.315 e. The van der Waals surface area contributed by atoms with Crippen molar-refractivity contribution in [3.63, 3.8) is 0 Å². The minimum Gasteiger partial charge on any atom is -0.265 e. The fourth-order valence-electron chi connectivity index (χ4n) is 1.11. The molecule has 0 aromatic heterocycles. The second-order valence-electron chi connectivity index (χ2n) is 2.76. The molecule has 0 aliphatic heterocycles. The molecule has 0 saturated heterocycles. The molecule has 0 spiro atoms. The van der Waals surface area contributed by atoms with Gasteiger partial charge in [-0.2, -0.15) is 5.43 Å². The van der Waals surface area contributed by atoms with Crippen LogP contribution in [0.5, 0.6) is 0 Å². The number of nitrogens with zero attached hydrogens (tertiary/aromatic N) is 2. The zero-order valence-electron chi connectivity index (χ0n) is 7.04. The molecule has 8 heteroatoms. The Kier molecular flexibility index (Phi) is 2.58. The molecule has 0 fully saturated rings. The standard InChI is InChI=1S/C6H8N4O4/c7-8-6(10(13)14)3-1-2-5(4-6)9(11)12/h1-2,4,8H,3,7H2. The number of hydrazine groups is 1. The summed E-state index contributed by atoms with van der Waals surface area (Å²) in [6, 6.07) is 0. The fraction of sp³-hybridized carbons (Fsp3) is 0.333. The number of nitrogens with one attached hydrogen (secondary N) is 1. The third-order valence-electron chi connectivity index (χ3n) is 1.89. The summed E-state index contributed by atoms with van der Waals surface area (Å²) in [5.74, 6) is 5.01. The van der Waals surface area contributed by atoms with Gasteiger partial charge in [-0.3, -0.25) is 26.1 Å². The minimum absolute atomic E-state index is 0.0200. The molecule has 1 unspecified atom stereocenters. The summed E-state index contributed by atoms with van der Waals surface area (Å²) in [5, 5.41) is 21.0. The molecule has 1 aliphatic carbocycles. The molecule has 1 rings (SSSR count). The lowest BCUT2D eigenvalue weighted by Gasteiger charge is -2.20. The zero-order chi connectivity index (χ0) is 10.8. The van der Waals surface area contributed by atoms with Crippen LogP contribution in [0.1, 0.15) is 6.42 Å². The van der Waals surface area contributed by atoms with E-state index in [1.165, 1.54) is 12.2 Å². The summed E-state index contributed by atoms with van der Waals surface area (Å²) in [6.07, 6.45) is 3.42. The number of rotatable bonds is 3. The van der Waals surface area contributed by atoms with Crippen molar-refractivity contribution in [3.05, 3.63) is 44.2 Å². The SMILES string of the molecule is NNC1([N+](=O)[O-])C=C([N+](=O)[O-])C=CC1. The van der Waals surface area contributed by atoms with Crippen molar-refractivity contribution in [2.45, 2.75) is 12.1 Å². The Hall–Kier alpha value is -1.80. The van der Waals surface area contributed by atoms with Gasteiger partial charge in [-0.1, -0.05) is 6.08 Å². The Labute approximate surface area is 78.3 Å². The monoisotopic (exact) mass is 200 g/mol. The van der Waals surface area contributed by atoms with Gasteiger partial charge in [-0.25, -0.2) is 0 Å². The van der Waals surface area contributed by atoms with E-state index in [4.69, 9.17) is 5.84 Å². The van der Waals surface area contributed by atoms with Gasteiger partial charge in [0.1, 0.15) is 0 Å². The minimum atomic E-state index is -1.77. The average Bonchev–Trinajstić information content (AvgIpc) is 2.17. The fourth-order valence-corrected chi connectivity index (χ4v) is 1.11. The van der Waals surface area contributed by atoms with Gasteiger partial charge >= 0.3 is 5.66 Å². The molecule has 0 radical (unpaired) electrons. The zero-order valence-corrected chi connectivity index (χ0v) is 7.04. The first kappa shape index (κ1) is 10.3. The molecule has 76 valence electrons. The van der Waals surface area contributed by atoms with Crippen LogP contribution < -0.4 is 11.3 Å². The van der Waals surface area contributed by atoms with Gasteiger partial charge in [-0.05, 0) is 0 Å². The van der Waals surface area contributed by atoms with Crippen LogP contribution in [0.15, 0.2) is 23.9 Å². The predicted octanol–water partition coefficient (Wildman–Crippen LogP) is -0.457. The van der Waals surface area contributed by atoms with E-state index in [-0.39, 0.29) is 12.1 Å². The highest BCUT2D eigenvalue weighted by molar-refractivity contribution is 5.22. The smallest absolute Gasteiger partial charge is 0.265 e. The van der Waals surface area contributed by atoms with Gasteiger partial charge < -0.3 is 0 Å². The molecule has 0 bridgehead atoms. The van der Waals surface area contributed by atoms with E-state index >= 15 is 0 Å². The second-order valence-corrected chi connectivity index (χ2v) is 2.76. The average molecular weight is 200 g/mol. The van der Waals surface area contributed by atoms with Crippen LogP contribution in [-0.2, 0) is 0 Å². The first-order chi connectivity index (χ1) is 6.52. The van der Waals surface area contributed by atoms with E-state index in [1.54, 1.807) is 0 Å². The molecule has 8 nitrogen and oxygen atoms in total. The molecule has 3 N–H and O–H groups in total. The Morgan fingerprint density at radius 3 is 2.57 bits per heavy atom. The van der Waals surface area contributed by atoms with Crippen LogP contribution in [-0.4, -0.2) is 15.5 Å². The van der Waals surface area contributed by atoms with Crippen molar-refractivity contribution in [2.75, 3.05) is 0 Å². The van der Waals surface area contributed by atoms with Crippen LogP contribution in [0.25, 0.3) is 0 Å². The Morgan fingerprint density at radius 2 is 2.14 bits per heavy atom. The molecule has 0 aromatic carbocycles. The van der Waals surface area contributed by atoms with E-state index in [0.29, 0.717) is 0 Å². The lowest BCUT2D eigenvalue weighted by Crippen LogP contribution is -2.54. The third-order valence-corrected chi connectivity index (χ3v) is 1.89. The Balaban J connectivity index is 3.09. The number of nitrogens with two attached hydrogens (primary N) is 1. The summed E-state index contributed by atoms with van der Waals surface area (Å²) in [7, 11) is 0. The number of nitro groups is 2. The van der Waals surface area contributed by atoms with E-state index < -0.39 is 15.5 Å². The highest BCUT2D eigenvalue weighted by atomic mass is 16.6. The van der Waals surface area contributed by atoms with E-state index in [0.717, 1.165) is 6.08 Å². The van der Waals surface area contributed by atoms with Crippen molar-refractivity contribution >= 4 is 0 Å². The molecule has 0 amide bonds. The number of allylic oxidation sites excluding steroid dienone is 1. The van der Waals surface area contributed by atoms with E-state index in [9.17, 15) is 20.2 Å². The van der Waals surface area contributed by atoms with Crippen molar-refractivity contribution in [1.82, 2.24) is 5.43 Å². The van der Waals surface area contributed by atoms with Gasteiger partial charge in [-0.15, -0.1) is 0 Å². The van der Waals surface area contributed by atoms with Crippen LogP contribution in [0.2, 0.25) is 0 Å². The lowest BCUT2D eigenvalue weighted by molar-refractivity contribution is -0.564. The molecular formula is C6H8N4O4. The summed E-state index contributed by atoms with van der Waals surface area (Å²) in [5.41, 5.74) is -0.138. The maximum Gasteiger partial charge on any atom is 0.315 e. The van der Waals surface area contributed by atoms with Crippen molar-refractivity contribution in [2.24, 2.45) is 5.84 Å². The summed E-state index contributed by atoms with van der Waals surface area (Å²) < 4.78 is 0. The first-order valence-electron chi connectivity index (χ1n) is 3.68. The molecular weight excluding hydrogens is 192 g/mol. The quantitative estimate of drug-likeness (QED) is 0.275. The van der Waals surface area contributed by atoms with Gasteiger partial charge in [0, 0.05) is 11.0 Å². The number of hydrogen-bond donors (Lipinski definition) is 2. The van der Waals surface area contributed by atoms with E-state index in [2.05, 4.69) is 0 Å². The van der Waals surface area contributed by atoms with Crippen molar-refractivity contribution < 1.29 is 9.85 Å². The van der Waals surface area contributed by atoms with Crippen LogP contribution in [0, 0.1) is 20.2 Å². The second kappa shape index (κ2) is 3.52. The first-order valence-corrected chi connectivity index (χ1v) is 3.68. The summed E-state index contributed by atoms with van der Waals surface area (Å²) in [4.78, 5) is 19.6. The van der Waals surface area contributed by atoms with Gasteiger partial charge in [0.2, 0.25) is 0 Å². The maximum atomic E-state index is 10.6. The topological polar surface area (TPSA) is 124 Å². The van der Waals surface area contributed by atoms with Crippen LogP contribution in [0.3, 0.4) is 0 Å². The molecule has 0 aromatic rings. The third kappa shape index (κ3) is 1.60. The summed E-state index contributed by atoms with van der Waals surface area (Å²) >= 11 is 0. The highest BCUT2D eigenvalue weighted by Gasteiger charge is 2.42. The van der Waals surface area contributed by atoms with Crippen LogP contribution >= 0.6 is 0 Å². The van der Waals surface area contributed by atoms with Gasteiger partial charge in [0.15, 0.2) is 0 Å². The Morgan fingerprint density at radius 1 is 1.50 bits per heavy atom. The highest BCUT2D eigenvalue weighted by Crippen LogP contribution is 2.21. The maximum absolute atomic E-state index is 10.6. The van der Waals surface area contributed by atoms with Crippen molar-refractivity contribution in [3.8, 4) is 0 Å². The molecule has 0 saturated carbocycles. The normalized spacial score (nSPS) is 25.6. The van der Waals surface area contributed by atoms with Crippen molar-refractivity contribution in [1.29, 1.82) is 0 Å². The molecule has 1 atom stereocenters. The van der Waals surface area contributed by atoms with Crippen LogP contribution in [0.4, 0.5) is 0 Å². The van der Waals surface area contributed by atoms with Gasteiger partial charge in [0.05, 0.1) is 17.4 Å². The molecule has 1 aliphatic rings. The molecule has 0 heterocycles. The lowest BCUT2D eigenvalue weighted by atomic mass is 10.0. The van der Waals surface area contributed by atoms with E-state index in [1.807, 2.05) is 5.43 Å². The van der Waals surface area contributed by atoms with Gasteiger partial charge in [0.25, 0.3) is 5.70 Å². The molecule has 14 heavy (non-hydrogen) atoms. The predicted molar refractivity (Wildman–Crippen MR) is 45.9 cm³/mol. The Bertz CT molecular complexity index is 337. The number of hydrogen-bond acceptors (Lipinski definition) is 6.